The number of alkyl halides is 4. The molecule has 98 valence electrons. The molecule has 0 unspecified atom stereocenters. The number of rotatable bonds is 8. The smallest absolute Gasteiger partial charge is 0.372 e. The molecule has 2 nitrogen and oxygen atoms in total. The van der Waals surface area contributed by atoms with Crippen LogP contribution < -0.4 is 5.32 Å². The van der Waals surface area contributed by atoms with Gasteiger partial charge in [-0.15, -0.1) is 11.6 Å². The van der Waals surface area contributed by atoms with Crippen molar-refractivity contribution < 1.29 is 17.9 Å². The van der Waals surface area contributed by atoms with Gasteiger partial charge in [-0.25, -0.2) is 0 Å². The number of ether oxygens (including phenoxy) is 1. The second kappa shape index (κ2) is 7.35. The Balaban J connectivity index is 3.29. The lowest BCUT2D eigenvalue weighted by molar-refractivity contribution is -0.173. The Kier molecular flexibility index (Phi) is 7.35. The molecule has 0 rings (SSSR count). The summed E-state index contributed by atoms with van der Waals surface area (Å²) < 4.78 is 39.5. The van der Waals surface area contributed by atoms with E-state index in [2.05, 4.69) is 10.1 Å². The summed E-state index contributed by atoms with van der Waals surface area (Å²) in [5, 5.41) is 3.13. The molecule has 0 saturated carbocycles. The van der Waals surface area contributed by atoms with Crippen LogP contribution in [0.1, 0.15) is 20.3 Å². The van der Waals surface area contributed by atoms with Gasteiger partial charge in [-0.05, 0) is 18.4 Å². The second-order valence-corrected chi connectivity index (χ2v) is 4.76. The molecular weight excluding hydrogens is 243 g/mol. The highest BCUT2D eigenvalue weighted by Gasteiger charge is 2.27. The summed E-state index contributed by atoms with van der Waals surface area (Å²) in [5.41, 5.74) is 0.00832. The van der Waals surface area contributed by atoms with Crippen LogP contribution in [0.3, 0.4) is 0 Å². The predicted molar refractivity (Wildman–Crippen MR) is 58.9 cm³/mol. The van der Waals surface area contributed by atoms with Gasteiger partial charge in [0.2, 0.25) is 0 Å². The van der Waals surface area contributed by atoms with E-state index >= 15 is 0 Å². The fraction of sp³-hybridized carbons (Fsp3) is 1.00. The molecule has 1 N–H and O–H groups in total. The quantitative estimate of drug-likeness (QED) is 0.536. The van der Waals surface area contributed by atoms with Crippen LogP contribution >= 0.6 is 11.6 Å². The Morgan fingerprint density at radius 2 is 1.88 bits per heavy atom. The normalized spacial score (nSPS) is 13.1. The van der Waals surface area contributed by atoms with Crippen LogP contribution in [0.4, 0.5) is 13.2 Å². The molecule has 0 aromatic carbocycles. The van der Waals surface area contributed by atoms with Gasteiger partial charge < -0.3 is 10.1 Å². The maximum Gasteiger partial charge on any atom is 0.411 e. The van der Waals surface area contributed by atoms with E-state index in [4.69, 9.17) is 11.6 Å². The van der Waals surface area contributed by atoms with Crippen molar-refractivity contribution in [2.24, 2.45) is 5.41 Å². The summed E-state index contributed by atoms with van der Waals surface area (Å²) in [6.07, 6.45) is -3.66. The Bertz CT molecular complexity index is 185. The summed E-state index contributed by atoms with van der Waals surface area (Å²) in [7, 11) is 0. The van der Waals surface area contributed by atoms with Crippen molar-refractivity contribution in [1.82, 2.24) is 5.32 Å². The average molecular weight is 262 g/mol. The number of hydrogen-bond donors (Lipinski definition) is 1. The van der Waals surface area contributed by atoms with Gasteiger partial charge in [0, 0.05) is 19.0 Å². The summed E-state index contributed by atoms with van der Waals surface area (Å²) in [4.78, 5) is 0. The van der Waals surface area contributed by atoms with E-state index in [0.29, 0.717) is 18.8 Å². The van der Waals surface area contributed by atoms with Gasteiger partial charge in [-0.2, -0.15) is 13.2 Å². The van der Waals surface area contributed by atoms with Gasteiger partial charge in [0.1, 0.15) is 6.61 Å². The first-order valence-corrected chi connectivity index (χ1v) is 5.71. The summed E-state index contributed by atoms with van der Waals surface area (Å²) in [5.74, 6) is 0.546. The zero-order valence-electron chi connectivity index (χ0n) is 9.66. The molecule has 0 bridgehead atoms. The molecule has 16 heavy (non-hydrogen) atoms. The molecule has 0 aliphatic carbocycles. The van der Waals surface area contributed by atoms with Crippen molar-refractivity contribution in [3.63, 3.8) is 0 Å². The third-order valence-corrected chi connectivity index (χ3v) is 2.60. The first-order chi connectivity index (χ1) is 7.27. The fourth-order valence-corrected chi connectivity index (χ4v) is 1.06. The molecule has 0 spiro atoms. The molecule has 0 heterocycles. The summed E-state index contributed by atoms with van der Waals surface area (Å²) in [6.45, 7) is 4.38. The largest absolute Gasteiger partial charge is 0.411 e. The van der Waals surface area contributed by atoms with Gasteiger partial charge in [0.25, 0.3) is 0 Å². The van der Waals surface area contributed by atoms with E-state index in [1.54, 1.807) is 0 Å². The van der Waals surface area contributed by atoms with E-state index in [0.717, 1.165) is 6.54 Å². The summed E-state index contributed by atoms with van der Waals surface area (Å²) in [6, 6.07) is 0. The zero-order chi connectivity index (χ0) is 12.7. The third kappa shape index (κ3) is 10.5. The minimum Gasteiger partial charge on any atom is -0.372 e. The SMILES string of the molecule is CC(C)(CCl)CNCCCOCC(F)(F)F. The van der Waals surface area contributed by atoms with Gasteiger partial charge in [-0.1, -0.05) is 13.8 Å². The van der Waals surface area contributed by atoms with Crippen LogP contribution in [0, 0.1) is 5.41 Å². The lowest BCUT2D eigenvalue weighted by atomic mass is 9.97. The van der Waals surface area contributed by atoms with Crippen molar-refractivity contribution >= 4 is 11.6 Å². The molecule has 0 aromatic heterocycles. The van der Waals surface area contributed by atoms with E-state index in [9.17, 15) is 13.2 Å². The van der Waals surface area contributed by atoms with Gasteiger partial charge in [0.05, 0.1) is 0 Å². The number of hydrogen-bond acceptors (Lipinski definition) is 2. The molecule has 0 amide bonds. The Morgan fingerprint density at radius 1 is 1.25 bits per heavy atom. The maximum absolute atomic E-state index is 11.7. The molecule has 0 aliphatic rings. The van der Waals surface area contributed by atoms with E-state index in [-0.39, 0.29) is 12.0 Å². The first kappa shape index (κ1) is 16.0. The number of halogens is 4. The van der Waals surface area contributed by atoms with Crippen LogP contribution in [0.5, 0.6) is 0 Å². The highest BCUT2D eigenvalue weighted by atomic mass is 35.5. The van der Waals surface area contributed by atoms with Crippen LogP contribution in [-0.4, -0.2) is 38.4 Å². The van der Waals surface area contributed by atoms with Crippen molar-refractivity contribution in [1.29, 1.82) is 0 Å². The lowest BCUT2D eigenvalue weighted by Gasteiger charge is -2.21. The fourth-order valence-electron chi connectivity index (χ4n) is 0.961. The van der Waals surface area contributed by atoms with Gasteiger partial charge in [-0.3, -0.25) is 0 Å². The van der Waals surface area contributed by atoms with Crippen LogP contribution in [-0.2, 0) is 4.74 Å². The minimum atomic E-state index is -4.23. The van der Waals surface area contributed by atoms with Crippen molar-refractivity contribution in [2.75, 3.05) is 32.2 Å². The molecule has 0 fully saturated rings. The second-order valence-electron chi connectivity index (χ2n) is 4.50. The Morgan fingerprint density at radius 3 is 2.38 bits per heavy atom. The topological polar surface area (TPSA) is 21.3 Å². The number of nitrogens with one attached hydrogen (secondary N) is 1. The van der Waals surface area contributed by atoms with Crippen molar-refractivity contribution in [3.8, 4) is 0 Å². The standard InChI is InChI=1S/C10H19ClF3NO/c1-9(2,6-11)7-15-4-3-5-16-8-10(12,13)14/h15H,3-8H2,1-2H3. The first-order valence-electron chi connectivity index (χ1n) is 5.18. The van der Waals surface area contributed by atoms with Crippen LogP contribution in [0.2, 0.25) is 0 Å². The summed E-state index contributed by atoms with van der Waals surface area (Å²) >= 11 is 5.72. The zero-order valence-corrected chi connectivity index (χ0v) is 10.4. The van der Waals surface area contributed by atoms with Gasteiger partial charge in [0.15, 0.2) is 0 Å². The van der Waals surface area contributed by atoms with E-state index < -0.39 is 12.8 Å². The molecule has 0 saturated heterocycles. The molecular formula is C10H19ClF3NO. The van der Waals surface area contributed by atoms with Crippen LogP contribution in [0.15, 0.2) is 0 Å². The van der Waals surface area contributed by atoms with Crippen molar-refractivity contribution in [3.05, 3.63) is 0 Å². The molecule has 0 atom stereocenters. The molecule has 0 radical (unpaired) electrons. The van der Waals surface area contributed by atoms with Gasteiger partial charge >= 0.3 is 6.18 Å². The van der Waals surface area contributed by atoms with E-state index in [1.807, 2.05) is 13.8 Å². The predicted octanol–water partition coefficient (Wildman–Crippen LogP) is 2.81. The van der Waals surface area contributed by atoms with Crippen LogP contribution in [0.25, 0.3) is 0 Å². The maximum atomic E-state index is 11.7. The van der Waals surface area contributed by atoms with Crippen molar-refractivity contribution in [2.45, 2.75) is 26.4 Å². The molecule has 0 aliphatic heterocycles. The molecule has 6 heteroatoms. The minimum absolute atomic E-state index is 0.00832. The monoisotopic (exact) mass is 261 g/mol. The van der Waals surface area contributed by atoms with E-state index in [1.165, 1.54) is 0 Å². The molecule has 0 aromatic rings. The Hall–Kier alpha value is -0.0000000000000000555. The highest BCUT2D eigenvalue weighted by Crippen LogP contribution is 2.15. The lowest BCUT2D eigenvalue weighted by Crippen LogP contribution is -2.31. The Labute approximate surface area is 99.5 Å². The highest BCUT2D eigenvalue weighted by molar-refractivity contribution is 6.18. The third-order valence-electron chi connectivity index (χ3n) is 1.87. The average Bonchev–Trinajstić information content (AvgIpc) is 2.14.